The number of nitrogens with zero attached hydrogens (tertiary/aromatic N) is 1. The molecule has 1 N–H and O–H groups in total. The minimum Gasteiger partial charge on any atom is -0.314 e. The summed E-state index contributed by atoms with van der Waals surface area (Å²) in [4.78, 5) is 0.905. The number of piperazine rings is 1. The molecule has 0 amide bonds. The van der Waals surface area contributed by atoms with Gasteiger partial charge in [0, 0.05) is 26.2 Å². The molecule has 0 bridgehead atoms. The van der Waals surface area contributed by atoms with Crippen molar-refractivity contribution in [1.29, 1.82) is 0 Å². The molecule has 3 nitrogen and oxygen atoms in total. The first kappa shape index (κ1) is 10.8. The Morgan fingerprint density at radius 1 is 1.20 bits per heavy atom. The summed E-state index contributed by atoms with van der Waals surface area (Å²) in [5.41, 5.74) is 1.20. The molecule has 0 radical (unpaired) electrons. The van der Waals surface area contributed by atoms with Gasteiger partial charge in [0.25, 0.3) is 0 Å². The molecule has 82 valence electrons. The molecule has 0 spiro atoms. The molecule has 1 aliphatic heterocycles. The van der Waals surface area contributed by atoms with Gasteiger partial charge in [-0.2, -0.15) is 0 Å². The second-order valence-corrected chi connectivity index (χ2v) is 5.23. The highest BCUT2D eigenvalue weighted by molar-refractivity contribution is 7.82. The molecule has 15 heavy (non-hydrogen) atoms. The number of aryl methyl sites for hydroxylation is 1. The van der Waals surface area contributed by atoms with Crippen molar-refractivity contribution < 1.29 is 4.21 Å². The maximum Gasteiger partial charge on any atom is 0.127 e. The Labute approximate surface area is 93.1 Å². The Bertz CT molecular complexity index is 344. The average molecular weight is 224 g/mol. The number of hydrogen-bond donors (Lipinski definition) is 1. The van der Waals surface area contributed by atoms with Crippen LogP contribution in [0.3, 0.4) is 0 Å². The molecular formula is C11H16N2OS. The number of hydrogen-bond acceptors (Lipinski definition) is 2. The van der Waals surface area contributed by atoms with Crippen molar-refractivity contribution in [3.63, 3.8) is 0 Å². The second-order valence-electron chi connectivity index (χ2n) is 3.74. The highest BCUT2D eigenvalue weighted by Crippen LogP contribution is 2.12. The van der Waals surface area contributed by atoms with Gasteiger partial charge in [0.1, 0.15) is 11.0 Å². The van der Waals surface area contributed by atoms with Gasteiger partial charge in [0.05, 0.1) is 4.90 Å². The first-order valence-corrected chi connectivity index (χ1v) is 6.32. The van der Waals surface area contributed by atoms with Gasteiger partial charge in [-0.3, -0.25) is 0 Å². The van der Waals surface area contributed by atoms with Crippen LogP contribution >= 0.6 is 0 Å². The summed E-state index contributed by atoms with van der Waals surface area (Å²) in [6.07, 6.45) is 0. The van der Waals surface area contributed by atoms with E-state index in [1.807, 2.05) is 35.5 Å². The van der Waals surface area contributed by atoms with E-state index in [-0.39, 0.29) is 0 Å². The molecule has 1 atom stereocenters. The van der Waals surface area contributed by atoms with Crippen LogP contribution in [0, 0.1) is 6.92 Å². The molecule has 1 aromatic rings. The maximum atomic E-state index is 12.1. The van der Waals surface area contributed by atoms with Crippen LogP contribution in [0.1, 0.15) is 5.56 Å². The lowest BCUT2D eigenvalue weighted by Gasteiger charge is -2.25. The highest BCUT2D eigenvalue weighted by atomic mass is 32.2. The largest absolute Gasteiger partial charge is 0.314 e. The zero-order chi connectivity index (χ0) is 10.7. The van der Waals surface area contributed by atoms with E-state index in [0.717, 1.165) is 31.1 Å². The first-order chi connectivity index (χ1) is 7.27. The Hall–Kier alpha value is -0.710. The molecule has 2 rings (SSSR count). The molecule has 1 saturated heterocycles. The van der Waals surface area contributed by atoms with Crippen LogP contribution in [-0.2, 0) is 11.0 Å². The lowest BCUT2D eigenvalue weighted by Crippen LogP contribution is -2.44. The van der Waals surface area contributed by atoms with Gasteiger partial charge in [-0.1, -0.05) is 17.7 Å². The standard InChI is InChI=1S/C11H16N2OS/c1-10-2-4-11(5-3-10)15(14)13-8-6-12-7-9-13/h2-5,12H,6-9H2,1H3. The quantitative estimate of drug-likeness (QED) is 0.810. The van der Waals surface area contributed by atoms with E-state index in [9.17, 15) is 4.21 Å². The van der Waals surface area contributed by atoms with Crippen molar-refractivity contribution in [1.82, 2.24) is 9.62 Å². The van der Waals surface area contributed by atoms with Gasteiger partial charge >= 0.3 is 0 Å². The predicted octanol–water partition coefficient (Wildman–Crippen LogP) is 0.923. The second kappa shape index (κ2) is 4.88. The molecule has 1 aliphatic rings. The normalized spacial score (nSPS) is 20.1. The highest BCUT2D eigenvalue weighted by Gasteiger charge is 2.16. The van der Waals surface area contributed by atoms with E-state index in [2.05, 4.69) is 5.32 Å². The van der Waals surface area contributed by atoms with Crippen molar-refractivity contribution in [2.45, 2.75) is 11.8 Å². The van der Waals surface area contributed by atoms with Crippen LogP contribution in [0.5, 0.6) is 0 Å². The average Bonchev–Trinajstić information content (AvgIpc) is 2.30. The summed E-state index contributed by atoms with van der Waals surface area (Å²) in [7, 11) is -0.985. The van der Waals surface area contributed by atoms with Crippen LogP contribution in [0.25, 0.3) is 0 Å². The van der Waals surface area contributed by atoms with Gasteiger partial charge in [-0.05, 0) is 19.1 Å². The summed E-state index contributed by atoms with van der Waals surface area (Å²) in [6.45, 7) is 5.62. The molecule has 1 fully saturated rings. The predicted molar refractivity (Wildman–Crippen MR) is 62.0 cm³/mol. The summed E-state index contributed by atoms with van der Waals surface area (Å²) in [6, 6.07) is 7.92. The molecule has 1 aromatic carbocycles. The summed E-state index contributed by atoms with van der Waals surface area (Å²) in [5.74, 6) is 0. The molecular weight excluding hydrogens is 208 g/mol. The van der Waals surface area contributed by atoms with Crippen molar-refractivity contribution in [3.05, 3.63) is 29.8 Å². The Morgan fingerprint density at radius 3 is 2.40 bits per heavy atom. The van der Waals surface area contributed by atoms with Crippen molar-refractivity contribution in [2.24, 2.45) is 0 Å². The number of benzene rings is 1. The van der Waals surface area contributed by atoms with E-state index in [1.165, 1.54) is 5.56 Å². The van der Waals surface area contributed by atoms with Crippen molar-refractivity contribution in [2.75, 3.05) is 26.2 Å². The topological polar surface area (TPSA) is 32.3 Å². The van der Waals surface area contributed by atoms with Gasteiger partial charge in [0.2, 0.25) is 0 Å². The fourth-order valence-corrected chi connectivity index (χ4v) is 2.80. The summed E-state index contributed by atoms with van der Waals surface area (Å²) >= 11 is 0. The van der Waals surface area contributed by atoms with Crippen LogP contribution in [0.2, 0.25) is 0 Å². The van der Waals surface area contributed by atoms with E-state index < -0.39 is 11.0 Å². The third-order valence-electron chi connectivity index (χ3n) is 2.53. The molecule has 1 heterocycles. The first-order valence-electron chi connectivity index (χ1n) is 5.21. The van der Waals surface area contributed by atoms with E-state index in [4.69, 9.17) is 0 Å². The van der Waals surface area contributed by atoms with Crippen molar-refractivity contribution >= 4 is 11.0 Å². The van der Waals surface area contributed by atoms with Crippen LogP contribution in [0.4, 0.5) is 0 Å². The fourth-order valence-electron chi connectivity index (χ4n) is 1.61. The van der Waals surface area contributed by atoms with Crippen LogP contribution in [0.15, 0.2) is 29.2 Å². The smallest absolute Gasteiger partial charge is 0.127 e. The maximum absolute atomic E-state index is 12.1. The monoisotopic (exact) mass is 224 g/mol. The zero-order valence-corrected chi connectivity index (χ0v) is 9.72. The van der Waals surface area contributed by atoms with Crippen LogP contribution < -0.4 is 5.32 Å². The van der Waals surface area contributed by atoms with E-state index >= 15 is 0 Å². The lowest BCUT2D eigenvalue weighted by molar-refractivity contribution is 0.380. The lowest BCUT2D eigenvalue weighted by atomic mass is 10.2. The minimum atomic E-state index is -0.985. The summed E-state index contributed by atoms with van der Waals surface area (Å²) < 4.78 is 14.1. The van der Waals surface area contributed by atoms with Gasteiger partial charge < -0.3 is 5.32 Å². The Morgan fingerprint density at radius 2 is 1.80 bits per heavy atom. The molecule has 0 saturated carbocycles. The number of nitrogens with one attached hydrogen (secondary N) is 1. The van der Waals surface area contributed by atoms with Crippen LogP contribution in [-0.4, -0.2) is 34.7 Å². The zero-order valence-electron chi connectivity index (χ0n) is 8.90. The SMILES string of the molecule is Cc1ccc(S(=O)N2CCNCC2)cc1. The van der Waals surface area contributed by atoms with Gasteiger partial charge in [-0.15, -0.1) is 0 Å². The van der Waals surface area contributed by atoms with Gasteiger partial charge in [0.15, 0.2) is 0 Å². The Balaban J connectivity index is 2.09. The third-order valence-corrected chi connectivity index (χ3v) is 4.04. The minimum absolute atomic E-state index is 0.862. The Kier molecular flexibility index (Phi) is 3.51. The molecule has 4 heteroatoms. The van der Waals surface area contributed by atoms with E-state index in [1.54, 1.807) is 0 Å². The third kappa shape index (κ3) is 2.65. The summed E-state index contributed by atoms with van der Waals surface area (Å²) in [5, 5.41) is 3.25. The molecule has 0 aliphatic carbocycles. The van der Waals surface area contributed by atoms with E-state index in [0.29, 0.717) is 0 Å². The fraction of sp³-hybridized carbons (Fsp3) is 0.455. The van der Waals surface area contributed by atoms with Gasteiger partial charge in [-0.25, -0.2) is 8.51 Å². The molecule has 1 unspecified atom stereocenters. The molecule has 0 aromatic heterocycles. The number of rotatable bonds is 2. The van der Waals surface area contributed by atoms with Crippen molar-refractivity contribution in [3.8, 4) is 0 Å².